The number of likely N-dealkylation sites (tertiary alicyclic amines) is 1. The molecule has 1 unspecified atom stereocenters. The molecule has 6 nitrogen and oxygen atoms in total. The average molecular weight is 410 g/mol. The van der Waals surface area contributed by atoms with Gasteiger partial charge in [0.05, 0.1) is 18.4 Å². The van der Waals surface area contributed by atoms with E-state index in [-0.39, 0.29) is 29.8 Å². The lowest BCUT2D eigenvalue weighted by Gasteiger charge is -2.31. The van der Waals surface area contributed by atoms with Gasteiger partial charge < -0.3 is 19.7 Å². The highest BCUT2D eigenvalue weighted by Gasteiger charge is 2.31. The van der Waals surface area contributed by atoms with E-state index in [1.165, 1.54) is 23.3 Å². The van der Waals surface area contributed by atoms with Crippen molar-refractivity contribution < 1.29 is 32.3 Å². The van der Waals surface area contributed by atoms with Crippen molar-refractivity contribution >= 4 is 11.8 Å². The Labute approximate surface area is 165 Å². The molecule has 2 aromatic rings. The normalized spacial score (nSPS) is 16.5. The maximum absolute atomic E-state index is 12.6. The van der Waals surface area contributed by atoms with Gasteiger partial charge in [-0.15, -0.1) is 0 Å². The van der Waals surface area contributed by atoms with Crippen LogP contribution in [0.4, 0.5) is 13.2 Å². The third kappa shape index (κ3) is 5.17. The third-order valence-electron chi connectivity index (χ3n) is 4.95. The summed E-state index contributed by atoms with van der Waals surface area (Å²) < 4.78 is 43.0. The second-order valence-electron chi connectivity index (χ2n) is 6.92. The number of aliphatic hydroxyl groups is 1. The number of nitrogens with zero attached hydrogens (tertiary/aromatic N) is 1. The van der Waals surface area contributed by atoms with Crippen LogP contribution in [-0.2, 0) is 11.0 Å². The van der Waals surface area contributed by atoms with E-state index >= 15 is 0 Å². The third-order valence-corrected chi connectivity index (χ3v) is 4.95. The minimum atomic E-state index is -4.45. The molecule has 0 aliphatic carbocycles. The fourth-order valence-corrected chi connectivity index (χ4v) is 3.25. The number of piperidine rings is 1. The van der Waals surface area contributed by atoms with Gasteiger partial charge in [0.15, 0.2) is 0 Å². The summed E-state index contributed by atoms with van der Waals surface area (Å²) in [5.41, 5.74) is -0.622. The molecular weight excluding hydrogens is 389 g/mol. The molecule has 1 atom stereocenters. The number of furan rings is 1. The van der Waals surface area contributed by atoms with E-state index in [1.807, 2.05) is 0 Å². The standard InChI is InChI=1S/C20H21F3N2O4/c21-20(22,23)15-5-3-14(4-6-15)19(28)25-9-7-13(8-10-25)18(27)24-12-16(26)17-2-1-11-29-17/h1-6,11,13,16,26H,7-10,12H2,(H,24,27). The molecule has 0 radical (unpaired) electrons. The Bertz CT molecular complexity index is 826. The van der Waals surface area contributed by atoms with Crippen molar-refractivity contribution in [3.05, 3.63) is 59.5 Å². The van der Waals surface area contributed by atoms with E-state index in [0.29, 0.717) is 31.7 Å². The molecule has 29 heavy (non-hydrogen) atoms. The lowest BCUT2D eigenvalue weighted by Crippen LogP contribution is -2.43. The Hall–Kier alpha value is -2.81. The quantitative estimate of drug-likeness (QED) is 0.794. The van der Waals surface area contributed by atoms with Gasteiger partial charge in [-0.2, -0.15) is 13.2 Å². The molecule has 1 aromatic heterocycles. The van der Waals surface area contributed by atoms with Crippen LogP contribution in [0.3, 0.4) is 0 Å². The van der Waals surface area contributed by atoms with Crippen LogP contribution in [0.5, 0.6) is 0 Å². The highest BCUT2D eigenvalue weighted by molar-refractivity contribution is 5.94. The molecule has 1 aliphatic rings. The summed E-state index contributed by atoms with van der Waals surface area (Å²) in [6, 6.07) is 7.36. The number of carbonyl (C=O) groups is 2. The van der Waals surface area contributed by atoms with Crippen LogP contribution in [0.15, 0.2) is 47.1 Å². The molecule has 0 bridgehead atoms. The first-order valence-corrected chi connectivity index (χ1v) is 9.21. The van der Waals surface area contributed by atoms with Gasteiger partial charge in [-0.1, -0.05) is 0 Å². The maximum atomic E-state index is 12.6. The molecule has 0 saturated carbocycles. The Morgan fingerprint density at radius 1 is 1.17 bits per heavy atom. The molecule has 1 fully saturated rings. The van der Waals surface area contributed by atoms with E-state index in [1.54, 1.807) is 12.1 Å². The molecule has 3 rings (SSSR count). The number of benzene rings is 1. The van der Waals surface area contributed by atoms with Crippen LogP contribution in [-0.4, -0.2) is 41.5 Å². The number of halogens is 3. The van der Waals surface area contributed by atoms with Gasteiger partial charge in [0.1, 0.15) is 11.9 Å². The first-order valence-electron chi connectivity index (χ1n) is 9.21. The zero-order valence-electron chi connectivity index (χ0n) is 15.5. The van der Waals surface area contributed by atoms with Crippen LogP contribution in [0.25, 0.3) is 0 Å². The van der Waals surface area contributed by atoms with Crippen LogP contribution in [0, 0.1) is 5.92 Å². The van der Waals surface area contributed by atoms with Crippen molar-refractivity contribution in [1.29, 1.82) is 0 Å². The number of nitrogens with one attached hydrogen (secondary N) is 1. The fraction of sp³-hybridized carbons (Fsp3) is 0.400. The summed E-state index contributed by atoms with van der Waals surface area (Å²) >= 11 is 0. The number of hydrogen-bond donors (Lipinski definition) is 2. The maximum Gasteiger partial charge on any atom is 0.416 e. The van der Waals surface area contributed by atoms with Crippen LogP contribution >= 0.6 is 0 Å². The summed E-state index contributed by atoms with van der Waals surface area (Å²) in [6.45, 7) is 0.689. The van der Waals surface area contributed by atoms with Crippen LogP contribution < -0.4 is 5.32 Å². The molecule has 2 heterocycles. The Morgan fingerprint density at radius 2 is 1.83 bits per heavy atom. The van der Waals surface area contributed by atoms with E-state index in [0.717, 1.165) is 12.1 Å². The molecule has 9 heteroatoms. The number of carbonyl (C=O) groups excluding carboxylic acids is 2. The number of amides is 2. The highest BCUT2D eigenvalue weighted by Crippen LogP contribution is 2.29. The van der Waals surface area contributed by atoms with Gasteiger partial charge in [-0.05, 0) is 49.2 Å². The summed E-state index contributed by atoms with van der Waals surface area (Å²) in [5.74, 6) is -0.499. The van der Waals surface area contributed by atoms with E-state index in [9.17, 15) is 27.9 Å². The zero-order chi connectivity index (χ0) is 21.0. The van der Waals surface area contributed by atoms with Crippen molar-refractivity contribution in [2.75, 3.05) is 19.6 Å². The van der Waals surface area contributed by atoms with Gasteiger partial charge >= 0.3 is 6.18 Å². The Morgan fingerprint density at radius 3 is 2.38 bits per heavy atom. The van der Waals surface area contributed by atoms with Crippen LogP contribution in [0.1, 0.15) is 40.6 Å². The van der Waals surface area contributed by atoms with E-state index < -0.39 is 17.8 Å². The van der Waals surface area contributed by atoms with Crippen molar-refractivity contribution in [2.24, 2.45) is 5.92 Å². The number of aliphatic hydroxyl groups excluding tert-OH is 1. The van der Waals surface area contributed by atoms with Crippen molar-refractivity contribution in [3.8, 4) is 0 Å². The largest absolute Gasteiger partial charge is 0.467 e. The molecular formula is C20H21F3N2O4. The van der Waals surface area contributed by atoms with Crippen LogP contribution in [0.2, 0.25) is 0 Å². The molecule has 1 aliphatic heterocycles. The molecule has 1 aromatic carbocycles. The van der Waals surface area contributed by atoms with Gasteiger partial charge in [-0.3, -0.25) is 9.59 Å². The number of rotatable bonds is 5. The molecule has 1 saturated heterocycles. The minimum absolute atomic E-state index is 0.0248. The molecule has 2 amide bonds. The second-order valence-corrected chi connectivity index (χ2v) is 6.92. The summed E-state index contributed by atoms with van der Waals surface area (Å²) in [6.07, 6.45) is -3.07. The fourth-order valence-electron chi connectivity index (χ4n) is 3.25. The van der Waals surface area contributed by atoms with Crippen molar-refractivity contribution in [1.82, 2.24) is 10.2 Å². The summed E-state index contributed by atoms with van der Waals surface area (Å²) in [5, 5.41) is 12.6. The van der Waals surface area contributed by atoms with Crippen molar-refractivity contribution in [3.63, 3.8) is 0 Å². The smallest absolute Gasteiger partial charge is 0.416 e. The monoisotopic (exact) mass is 410 g/mol. The average Bonchev–Trinajstić information content (AvgIpc) is 3.26. The number of alkyl halides is 3. The van der Waals surface area contributed by atoms with Gasteiger partial charge in [-0.25, -0.2) is 0 Å². The molecule has 2 N–H and O–H groups in total. The summed E-state index contributed by atoms with van der Waals surface area (Å²) in [4.78, 5) is 26.3. The van der Waals surface area contributed by atoms with Gasteiger partial charge in [0.25, 0.3) is 5.91 Å². The number of hydrogen-bond acceptors (Lipinski definition) is 4. The highest BCUT2D eigenvalue weighted by atomic mass is 19.4. The topological polar surface area (TPSA) is 82.8 Å². The second kappa shape index (κ2) is 8.69. The lowest BCUT2D eigenvalue weighted by molar-refractivity contribution is -0.137. The molecule has 0 spiro atoms. The molecule has 156 valence electrons. The summed E-state index contributed by atoms with van der Waals surface area (Å²) in [7, 11) is 0. The van der Waals surface area contributed by atoms with E-state index in [4.69, 9.17) is 4.42 Å². The lowest BCUT2D eigenvalue weighted by atomic mass is 9.95. The predicted octanol–water partition coefficient (Wildman–Crippen LogP) is 3.00. The van der Waals surface area contributed by atoms with E-state index in [2.05, 4.69) is 5.32 Å². The Balaban J connectivity index is 1.48. The van der Waals surface area contributed by atoms with Crippen molar-refractivity contribution in [2.45, 2.75) is 25.1 Å². The van der Waals surface area contributed by atoms with Gasteiger partial charge in [0.2, 0.25) is 5.91 Å². The first kappa shape index (κ1) is 20.9. The zero-order valence-corrected chi connectivity index (χ0v) is 15.5. The predicted molar refractivity (Wildman–Crippen MR) is 96.7 cm³/mol. The van der Waals surface area contributed by atoms with Gasteiger partial charge in [0, 0.05) is 24.6 Å². The first-order chi connectivity index (χ1) is 13.8. The minimum Gasteiger partial charge on any atom is -0.467 e. The Kier molecular flexibility index (Phi) is 6.26. The SMILES string of the molecule is O=C(NCC(O)c1ccco1)C1CCN(C(=O)c2ccc(C(F)(F)F)cc2)CC1.